The van der Waals surface area contributed by atoms with E-state index < -0.39 is 0 Å². The maximum absolute atomic E-state index is 9.66. The van der Waals surface area contributed by atoms with Gasteiger partial charge in [-0.1, -0.05) is 78.4 Å². The molecule has 3 heteroatoms. The monoisotopic (exact) mass is 419 g/mol. The van der Waals surface area contributed by atoms with Crippen molar-refractivity contribution < 1.29 is 9.47 Å². The van der Waals surface area contributed by atoms with E-state index in [2.05, 4.69) is 30.3 Å². The van der Waals surface area contributed by atoms with Crippen LogP contribution in [0.5, 0.6) is 11.5 Å². The quantitative estimate of drug-likeness (QED) is 0.235. The van der Waals surface area contributed by atoms with E-state index in [9.17, 15) is 5.26 Å². The van der Waals surface area contributed by atoms with Gasteiger partial charge in [0.15, 0.2) is 11.5 Å². The van der Waals surface area contributed by atoms with Crippen LogP contribution in [-0.4, -0.2) is 6.61 Å². The molecule has 0 spiro atoms. The lowest BCUT2D eigenvalue weighted by Gasteiger charge is -2.14. The van der Waals surface area contributed by atoms with Crippen LogP contribution < -0.4 is 9.47 Å². The number of nitrogens with zero attached hydrogens (tertiary/aromatic N) is 1. The normalized spacial score (nSPS) is 11.2. The van der Waals surface area contributed by atoms with Crippen LogP contribution in [0.3, 0.4) is 0 Å². The van der Waals surface area contributed by atoms with Crippen LogP contribution in [0.4, 0.5) is 0 Å². The van der Waals surface area contributed by atoms with Gasteiger partial charge in [-0.2, -0.15) is 5.26 Å². The maximum atomic E-state index is 9.66. The van der Waals surface area contributed by atoms with Crippen LogP contribution >= 0.6 is 0 Å². The number of ether oxygens (including phenoxy) is 2. The van der Waals surface area contributed by atoms with Crippen LogP contribution in [0, 0.1) is 18.3 Å². The molecule has 0 bridgehead atoms. The Hall–Kier alpha value is -4.03. The Morgan fingerprint density at radius 3 is 2.44 bits per heavy atom. The minimum atomic E-state index is 0.448. The second-order valence-corrected chi connectivity index (χ2v) is 7.60. The summed E-state index contributed by atoms with van der Waals surface area (Å²) in [5, 5.41) is 12.0. The molecule has 0 heterocycles. The first-order valence-electron chi connectivity index (χ1n) is 10.7. The lowest BCUT2D eigenvalue weighted by molar-refractivity contribution is 0.270. The fourth-order valence-corrected chi connectivity index (χ4v) is 3.66. The molecule has 32 heavy (non-hydrogen) atoms. The van der Waals surface area contributed by atoms with Gasteiger partial charge < -0.3 is 9.47 Å². The third kappa shape index (κ3) is 4.82. The van der Waals surface area contributed by atoms with Gasteiger partial charge in [-0.25, -0.2) is 0 Å². The van der Waals surface area contributed by atoms with E-state index >= 15 is 0 Å². The summed E-state index contributed by atoms with van der Waals surface area (Å²) >= 11 is 0. The molecule has 158 valence electrons. The molecule has 0 aliphatic rings. The van der Waals surface area contributed by atoms with Crippen molar-refractivity contribution in [1.82, 2.24) is 0 Å². The Labute approximate surface area is 189 Å². The number of hydrogen-bond donors (Lipinski definition) is 0. The lowest BCUT2D eigenvalue weighted by atomic mass is 10.0. The Bertz CT molecular complexity index is 1290. The van der Waals surface area contributed by atoms with Crippen molar-refractivity contribution in [1.29, 1.82) is 5.26 Å². The Morgan fingerprint density at radius 2 is 1.66 bits per heavy atom. The number of fused-ring (bicyclic) bond motifs is 1. The van der Waals surface area contributed by atoms with E-state index in [0.717, 1.165) is 22.3 Å². The molecule has 0 saturated heterocycles. The Kier molecular flexibility index (Phi) is 6.53. The number of hydrogen-bond acceptors (Lipinski definition) is 3. The minimum absolute atomic E-state index is 0.448. The molecule has 0 N–H and O–H groups in total. The zero-order valence-corrected chi connectivity index (χ0v) is 18.3. The van der Waals surface area contributed by atoms with E-state index in [-0.39, 0.29) is 0 Å². The van der Waals surface area contributed by atoms with Gasteiger partial charge in [0.05, 0.1) is 18.2 Å². The largest absolute Gasteiger partial charge is 0.490 e. The van der Waals surface area contributed by atoms with E-state index in [0.29, 0.717) is 30.3 Å². The van der Waals surface area contributed by atoms with Gasteiger partial charge in [-0.15, -0.1) is 0 Å². The number of nitriles is 1. The highest BCUT2D eigenvalue weighted by Gasteiger charge is 2.09. The van der Waals surface area contributed by atoms with Crippen molar-refractivity contribution in [3.05, 3.63) is 107 Å². The molecular weight excluding hydrogens is 394 g/mol. The third-order valence-electron chi connectivity index (χ3n) is 5.32. The van der Waals surface area contributed by atoms with Gasteiger partial charge >= 0.3 is 0 Å². The molecule has 0 aliphatic heterocycles. The number of aryl methyl sites for hydroxylation is 1. The van der Waals surface area contributed by atoms with E-state index in [1.165, 1.54) is 10.8 Å². The summed E-state index contributed by atoms with van der Waals surface area (Å²) in [6.45, 7) is 4.96. The topological polar surface area (TPSA) is 42.2 Å². The molecule has 0 unspecified atom stereocenters. The molecule has 0 atom stereocenters. The first-order valence-corrected chi connectivity index (χ1v) is 10.7. The van der Waals surface area contributed by atoms with Gasteiger partial charge in [0.2, 0.25) is 0 Å². The first-order chi connectivity index (χ1) is 15.7. The molecule has 4 rings (SSSR count). The van der Waals surface area contributed by atoms with Gasteiger partial charge in [0.1, 0.15) is 6.61 Å². The first kappa shape index (κ1) is 21.2. The number of allylic oxidation sites excluding steroid dienone is 1. The van der Waals surface area contributed by atoms with Gasteiger partial charge in [0.25, 0.3) is 0 Å². The van der Waals surface area contributed by atoms with E-state index in [1.807, 2.05) is 80.6 Å². The summed E-state index contributed by atoms with van der Waals surface area (Å²) in [4.78, 5) is 0. The second-order valence-electron chi connectivity index (χ2n) is 7.60. The van der Waals surface area contributed by atoms with Crippen molar-refractivity contribution in [2.75, 3.05) is 6.61 Å². The van der Waals surface area contributed by atoms with Crippen molar-refractivity contribution in [3.8, 4) is 17.6 Å². The summed E-state index contributed by atoms with van der Waals surface area (Å²) in [5.41, 5.74) is 4.69. The third-order valence-corrected chi connectivity index (χ3v) is 5.32. The summed E-state index contributed by atoms with van der Waals surface area (Å²) < 4.78 is 12.0. The summed E-state index contributed by atoms with van der Waals surface area (Å²) in [7, 11) is 0. The van der Waals surface area contributed by atoms with E-state index in [4.69, 9.17) is 9.47 Å². The SMILES string of the molecule is CCOc1cc(/C=C(\C#N)c2ccc(C)cc2)ccc1OCc1cccc2ccccc12. The van der Waals surface area contributed by atoms with Crippen LogP contribution in [-0.2, 0) is 6.61 Å². The predicted octanol–water partition coefficient (Wildman–Crippen LogP) is 7.19. The molecular formula is C29H25NO2. The predicted molar refractivity (Wildman–Crippen MR) is 131 cm³/mol. The highest BCUT2D eigenvalue weighted by molar-refractivity contribution is 5.90. The molecule has 4 aromatic rings. The van der Waals surface area contributed by atoms with Gasteiger partial charge in [0, 0.05) is 0 Å². The van der Waals surface area contributed by atoms with Crippen molar-refractivity contribution in [2.45, 2.75) is 20.5 Å². The summed E-state index contributed by atoms with van der Waals surface area (Å²) in [6, 6.07) is 30.6. The molecule has 0 amide bonds. The molecule has 0 aliphatic carbocycles. The second kappa shape index (κ2) is 9.85. The summed E-state index contributed by atoms with van der Waals surface area (Å²) in [5.74, 6) is 1.36. The van der Waals surface area contributed by atoms with Crippen molar-refractivity contribution >= 4 is 22.4 Å². The van der Waals surface area contributed by atoms with Crippen LogP contribution in [0.1, 0.15) is 29.2 Å². The molecule has 3 nitrogen and oxygen atoms in total. The smallest absolute Gasteiger partial charge is 0.161 e. The Balaban J connectivity index is 1.60. The zero-order chi connectivity index (χ0) is 22.3. The minimum Gasteiger partial charge on any atom is -0.490 e. The van der Waals surface area contributed by atoms with Crippen LogP contribution in [0.25, 0.3) is 22.4 Å². The average molecular weight is 420 g/mol. The number of benzene rings is 4. The Morgan fingerprint density at radius 1 is 0.875 bits per heavy atom. The molecule has 0 aromatic heterocycles. The molecule has 4 aromatic carbocycles. The van der Waals surface area contributed by atoms with Crippen LogP contribution in [0.15, 0.2) is 84.9 Å². The van der Waals surface area contributed by atoms with E-state index in [1.54, 1.807) is 0 Å². The van der Waals surface area contributed by atoms with Gasteiger partial charge in [-0.05, 0) is 59.5 Å². The number of rotatable bonds is 7. The lowest BCUT2D eigenvalue weighted by Crippen LogP contribution is -2.00. The average Bonchev–Trinajstić information content (AvgIpc) is 2.83. The molecule has 0 fully saturated rings. The summed E-state index contributed by atoms with van der Waals surface area (Å²) in [6.07, 6.45) is 1.88. The molecule has 0 saturated carbocycles. The maximum Gasteiger partial charge on any atom is 0.161 e. The highest BCUT2D eigenvalue weighted by Crippen LogP contribution is 2.31. The zero-order valence-electron chi connectivity index (χ0n) is 18.3. The van der Waals surface area contributed by atoms with Crippen LogP contribution in [0.2, 0.25) is 0 Å². The highest BCUT2D eigenvalue weighted by atomic mass is 16.5. The van der Waals surface area contributed by atoms with Crippen molar-refractivity contribution in [3.63, 3.8) is 0 Å². The fraction of sp³-hybridized carbons (Fsp3) is 0.138. The fourth-order valence-electron chi connectivity index (χ4n) is 3.66. The standard InChI is InChI=1S/C29H25NO2/c1-3-31-29-18-22(17-26(19-30)23-14-11-21(2)12-15-23)13-16-28(29)32-20-25-9-6-8-24-7-4-5-10-27(24)25/h4-18H,3,20H2,1-2H3/b26-17+. The van der Waals surface area contributed by atoms with Crippen molar-refractivity contribution in [2.24, 2.45) is 0 Å². The molecule has 0 radical (unpaired) electrons. The van der Waals surface area contributed by atoms with Gasteiger partial charge in [-0.3, -0.25) is 0 Å².